The molecule has 35 heavy (non-hydrogen) atoms. The van der Waals surface area contributed by atoms with E-state index in [1.807, 2.05) is 91.1 Å². The second kappa shape index (κ2) is 8.70. The third-order valence-electron chi connectivity index (χ3n) is 5.84. The second-order valence-electron chi connectivity index (χ2n) is 8.09. The largest absolute Gasteiger partial charge is 0.422 e. The normalized spacial score (nSPS) is 11.6. The molecule has 0 bridgehead atoms. The molecule has 0 spiro atoms. The molecule has 6 heteroatoms. The SMILES string of the molecule is O=c1oc2ccc3ccccc3c2cc1-c1nn(-c2ccccc2)cc1C=Nc1ccc(Cl)cc1. The lowest BCUT2D eigenvalue weighted by molar-refractivity contribution is 0.563. The molecule has 6 rings (SSSR count). The number of aromatic nitrogens is 2. The number of nitrogens with zero attached hydrogens (tertiary/aromatic N) is 3. The van der Waals surface area contributed by atoms with Crippen LogP contribution in [-0.2, 0) is 0 Å². The summed E-state index contributed by atoms with van der Waals surface area (Å²) in [7, 11) is 0. The molecule has 0 saturated heterocycles. The van der Waals surface area contributed by atoms with Gasteiger partial charge in [0.05, 0.1) is 16.9 Å². The fraction of sp³-hybridized carbons (Fsp3) is 0. The van der Waals surface area contributed by atoms with Gasteiger partial charge in [-0.3, -0.25) is 4.99 Å². The van der Waals surface area contributed by atoms with E-state index in [9.17, 15) is 4.79 Å². The monoisotopic (exact) mass is 475 g/mol. The maximum Gasteiger partial charge on any atom is 0.345 e. The number of hydrogen-bond donors (Lipinski definition) is 0. The number of halogens is 1. The summed E-state index contributed by atoms with van der Waals surface area (Å²) in [6, 6.07) is 30.6. The highest BCUT2D eigenvalue weighted by atomic mass is 35.5. The van der Waals surface area contributed by atoms with Gasteiger partial charge in [-0.25, -0.2) is 9.48 Å². The zero-order valence-corrected chi connectivity index (χ0v) is 19.2. The minimum absolute atomic E-state index is 0.376. The molecule has 0 aliphatic heterocycles. The van der Waals surface area contributed by atoms with Crippen LogP contribution in [0.4, 0.5) is 5.69 Å². The fourth-order valence-electron chi connectivity index (χ4n) is 4.11. The van der Waals surface area contributed by atoms with Crippen LogP contribution in [-0.4, -0.2) is 16.0 Å². The maximum absolute atomic E-state index is 13.1. The van der Waals surface area contributed by atoms with Gasteiger partial charge in [-0.2, -0.15) is 5.10 Å². The van der Waals surface area contributed by atoms with E-state index in [4.69, 9.17) is 21.1 Å². The van der Waals surface area contributed by atoms with Gasteiger partial charge in [-0.05, 0) is 59.3 Å². The number of para-hydroxylation sites is 1. The number of fused-ring (bicyclic) bond motifs is 3. The third-order valence-corrected chi connectivity index (χ3v) is 6.09. The molecule has 0 atom stereocenters. The highest BCUT2D eigenvalue weighted by Crippen LogP contribution is 2.29. The van der Waals surface area contributed by atoms with Gasteiger partial charge < -0.3 is 4.42 Å². The Hall–Kier alpha value is -4.48. The van der Waals surface area contributed by atoms with Crippen molar-refractivity contribution >= 4 is 45.2 Å². The minimum atomic E-state index is -0.452. The van der Waals surface area contributed by atoms with E-state index in [2.05, 4.69) is 4.99 Å². The Morgan fingerprint density at radius 1 is 0.857 bits per heavy atom. The molecule has 2 aromatic heterocycles. The molecule has 0 N–H and O–H groups in total. The first-order valence-corrected chi connectivity index (χ1v) is 11.4. The van der Waals surface area contributed by atoms with Crippen LogP contribution in [0.1, 0.15) is 5.56 Å². The molecule has 0 fully saturated rings. The molecule has 0 amide bonds. The van der Waals surface area contributed by atoms with E-state index in [0.29, 0.717) is 27.4 Å². The lowest BCUT2D eigenvalue weighted by Crippen LogP contribution is -2.05. The molecule has 5 nitrogen and oxygen atoms in total. The first-order chi connectivity index (χ1) is 17.2. The third kappa shape index (κ3) is 4.03. The average Bonchev–Trinajstić information content (AvgIpc) is 3.32. The van der Waals surface area contributed by atoms with Gasteiger partial charge in [-0.1, -0.05) is 60.1 Å². The van der Waals surface area contributed by atoms with Crippen LogP contribution in [0, 0.1) is 0 Å². The predicted molar refractivity (Wildman–Crippen MR) is 141 cm³/mol. The molecule has 0 radical (unpaired) electrons. The maximum atomic E-state index is 13.1. The summed E-state index contributed by atoms with van der Waals surface area (Å²) in [5.41, 5.74) is 3.26. The molecule has 6 aromatic rings. The first kappa shape index (κ1) is 21.1. The van der Waals surface area contributed by atoms with E-state index in [-0.39, 0.29) is 0 Å². The summed E-state index contributed by atoms with van der Waals surface area (Å²) in [5, 5.41) is 8.34. The van der Waals surface area contributed by atoms with Gasteiger partial charge in [-0.15, -0.1) is 0 Å². The van der Waals surface area contributed by atoms with Crippen LogP contribution in [0.2, 0.25) is 5.02 Å². The van der Waals surface area contributed by atoms with Crippen molar-refractivity contribution in [2.24, 2.45) is 4.99 Å². The van der Waals surface area contributed by atoms with E-state index in [1.54, 1.807) is 23.0 Å². The van der Waals surface area contributed by atoms with Gasteiger partial charge in [0.25, 0.3) is 0 Å². The van der Waals surface area contributed by atoms with Crippen LogP contribution >= 0.6 is 11.6 Å². The Morgan fingerprint density at radius 2 is 1.63 bits per heavy atom. The summed E-state index contributed by atoms with van der Waals surface area (Å²) in [4.78, 5) is 17.7. The lowest BCUT2D eigenvalue weighted by atomic mass is 10.0. The van der Waals surface area contributed by atoms with Crippen LogP contribution in [0.3, 0.4) is 0 Å². The molecular formula is C29H18ClN3O2. The Morgan fingerprint density at radius 3 is 2.46 bits per heavy atom. The van der Waals surface area contributed by atoms with E-state index < -0.39 is 5.63 Å². The quantitative estimate of drug-likeness (QED) is 0.154. The molecule has 2 heterocycles. The van der Waals surface area contributed by atoms with Gasteiger partial charge >= 0.3 is 5.63 Å². The lowest BCUT2D eigenvalue weighted by Gasteiger charge is -2.05. The molecule has 168 valence electrons. The minimum Gasteiger partial charge on any atom is -0.422 e. The van der Waals surface area contributed by atoms with E-state index in [0.717, 1.165) is 27.5 Å². The van der Waals surface area contributed by atoms with Crippen molar-refractivity contribution < 1.29 is 4.42 Å². The zero-order valence-electron chi connectivity index (χ0n) is 18.4. The van der Waals surface area contributed by atoms with Crippen molar-refractivity contribution in [3.63, 3.8) is 0 Å². The van der Waals surface area contributed by atoms with Crippen molar-refractivity contribution in [3.05, 3.63) is 124 Å². The molecular weight excluding hydrogens is 458 g/mol. The number of hydrogen-bond acceptors (Lipinski definition) is 4. The molecule has 0 saturated carbocycles. The molecule has 0 unspecified atom stereocenters. The van der Waals surface area contributed by atoms with Crippen molar-refractivity contribution in [2.45, 2.75) is 0 Å². The first-order valence-electron chi connectivity index (χ1n) is 11.1. The number of benzene rings is 4. The van der Waals surface area contributed by atoms with Crippen molar-refractivity contribution in [1.82, 2.24) is 9.78 Å². The topological polar surface area (TPSA) is 60.4 Å². The smallest absolute Gasteiger partial charge is 0.345 e. The summed E-state index contributed by atoms with van der Waals surface area (Å²) in [6.45, 7) is 0. The van der Waals surface area contributed by atoms with Gasteiger partial charge in [0, 0.05) is 28.4 Å². The van der Waals surface area contributed by atoms with Crippen LogP contribution in [0.15, 0.2) is 117 Å². The molecule has 0 aliphatic rings. The summed E-state index contributed by atoms with van der Waals surface area (Å²) in [5.74, 6) is 0. The van der Waals surface area contributed by atoms with Crippen molar-refractivity contribution in [3.8, 4) is 16.9 Å². The summed E-state index contributed by atoms with van der Waals surface area (Å²) in [6.07, 6.45) is 3.56. The Balaban J connectivity index is 1.56. The van der Waals surface area contributed by atoms with Gasteiger partial charge in [0.1, 0.15) is 11.3 Å². The van der Waals surface area contributed by atoms with Gasteiger partial charge in [0.2, 0.25) is 0 Å². The number of aliphatic imine (C=N–C) groups is 1. The summed E-state index contributed by atoms with van der Waals surface area (Å²) >= 11 is 6.00. The highest BCUT2D eigenvalue weighted by Gasteiger charge is 2.17. The second-order valence-corrected chi connectivity index (χ2v) is 8.53. The average molecular weight is 476 g/mol. The van der Waals surface area contributed by atoms with Gasteiger partial charge in [0.15, 0.2) is 0 Å². The van der Waals surface area contributed by atoms with Crippen LogP contribution < -0.4 is 5.63 Å². The van der Waals surface area contributed by atoms with Crippen molar-refractivity contribution in [1.29, 1.82) is 0 Å². The molecule has 4 aromatic carbocycles. The zero-order chi connectivity index (χ0) is 23.8. The van der Waals surface area contributed by atoms with E-state index in [1.165, 1.54) is 0 Å². The van der Waals surface area contributed by atoms with E-state index >= 15 is 0 Å². The fourth-order valence-corrected chi connectivity index (χ4v) is 4.24. The predicted octanol–water partition coefficient (Wildman–Crippen LogP) is 7.20. The highest BCUT2D eigenvalue weighted by molar-refractivity contribution is 6.30. The number of rotatable bonds is 4. The Labute approximate surface area is 205 Å². The summed E-state index contributed by atoms with van der Waals surface area (Å²) < 4.78 is 7.48. The molecule has 0 aliphatic carbocycles. The Kier molecular flexibility index (Phi) is 5.24. The van der Waals surface area contributed by atoms with Crippen LogP contribution in [0.5, 0.6) is 0 Å². The Bertz CT molecular complexity index is 1770. The van der Waals surface area contributed by atoms with Crippen molar-refractivity contribution in [2.75, 3.05) is 0 Å². The van der Waals surface area contributed by atoms with Crippen LogP contribution in [0.25, 0.3) is 38.7 Å². The standard InChI is InChI=1S/C29H18ClN3O2/c30-21-11-13-22(14-12-21)31-17-20-18-33(23-7-2-1-3-8-23)32-28(20)26-16-25-24-9-5-4-6-19(24)10-15-27(25)35-29(26)34/h1-18H.